The summed E-state index contributed by atoms with van der Waals surface area (Å²) in [4.78, 5) is 4.23. The van der Waals surface area contributed by atoms with Gasteiger partial charge in [0.05, 0.1) is 17.9 Å². The Morgan fingerprint density at radius 2 is 2.44 bits per heavy atom. The number of rotatable bonds is 5. The predicted molar refractivity (Wildman–Crippen MR) is 61.9 cm³/mol. The van der Waals surface area contributed by atoms with E-state index in [4.69, 9.17) is 14.7 Å². The first-order chi connectivity index (χ1) is 7.81. The summed E-state index contributed by atoms with van der Waals surface area (Å²) in [7, 11) is 0. The molecule has 2 N–H and O–H groups in total. The third-order valence-corrected chi connectivity index (χ3v) is 2.82. The molecular formula is C10H13N3O2S. The molecule has 5 nitrogen and oxygen atoms in total. The lowest BCUT2D eigenvalue weighted by Crippen LogP contribution is -2.11. The van der Waals surface area contributed by atoms with E-state index < -0.39 is 0 Å². The summed E-state index contributed by atoms with van der Waals surface area (Å²) >= 11 is 1.74. The van der Waals surface area contributed by atoms with Crippen LogP contribution in [0.4, 0.5) is 0 Å². The van der Waals surface area contributed by atoms with Crippen LogP contribution in [0.3, 0.4) is 0 Å². The van der Waals surface area contributed by atoms with Gasteiger partial charge in [-0.3, -0.25) is 0 Å². The van der Waals surface area contributed by atoms with Crippen molar-refractivity contribution < 1.29 is 8.94 Å². The minimum absolute atomic E-state index is 0.194. The van der Waals surface area contributed by atoms with Crippen molar-refractivity contribution >= 4 is 11.8 Å². The Labute approximate surface area is 97.4 Å². The molecular weight excluding hydrogens is 226 g/mol. The average molecular weight is 239 g/mol. The Balaban J connectivity index is 2.07. The predicted octanol–water partition coefficient (Wildman–Crippen LogP) is 2.08. The van der Waals surface area contributed by atoms with Gasteiger partial charge in [0.2, 0.25) is 11.7 Å². The smallest absolute Gasteiger partial charge is 0.243 e. The summed E-state index contributed by atoms with van der Waals surface area (Å²) in [6, 6.07) is 1.59. The van der Waals surface area contributed by atoms with Crippen molar-refractivity contribution in [1.82, 2.24) is 10.1 Å². The SMILES string of the molecule is CSCC[C@H](N)c1nc(-c2ccoc2)no1. The zero-order valence-corrected chi connectivity index (χ0v) is 9.74. The molecule has 16 heavy (non-hydrogen) atoms. The van der Waals surface area contributed by atoms with E-state index in [1.807, 2.05) is 6.26 Å². The molecule has 0 radical (unpaired) electrons. The van der Waals surface area contributed by atoms with Gasteiger partial charge in [0.1, 0.15) is 6.26 Å². The van der Waals surface area contributed by atoms with Gasteiger partial charge in [0.25, 0.3) is 0 Å². The molecule has 0 aromatic carbocycles. The summed E-state index contributed by atoms with van der Waals surface area (Å²) in [5.41, 5.74) is 6.71. The summed E-state index contributed by atoms with van der Waals surface area (Å²) in [5.74, 6) is 1.97. The molecule has 2 aromatic heterocycles. The second-order valence-corrected chi connectivity index (χ2v) is 4.34. The average Bonchev–Trinajstić information content (AvgIpc) is 2.94. The van der Waals surface area contributed by atoms with Crippen LogP contribution in [0.5, 0.6) is 0 Å². The van der Waals surface area contributed by atoms with E-state index in [9.17, 15) is 0 Å². The van der Waals surface area contributed by atoms with Crippen molar-refractivity contribution in [3.05, 3.63) is 24.5 Å². The highest BCUT2D eigenvalue weighted by Crippen LogP contribution is 2.20. The number of thioether (sulfide) groups is 1. The fourth-order valence-electron chi connectivity index (χ4n) is 1.26. The van der Waals surface area contributed by atoms with Gasteiger partial charge in [-0.1, -0.05) is 5.16 Å². The van der Waals surface area contributed by atoms with Crippen molar-refractivity contribution in [3.8, 4) is 11.4 Å². The first-order valence-electron chi connectivity index (χ1n) is 4.92. The van der Waals surface area contributed by atoms with E-state index in [-0.39, 0.29) is 6.04 Å². The van der Waals surface area contributed by atoms with Crippen LogP contribution in [0.2, 0.25) is 0 Å². The molecule has 0 fully saturated rings. The molecule has 0 aliphatic carbocycles. The largest absolute Gasteiger partial charge is 0.472 e. The lowest BCUT2D eigenvalue weighted by atomic mass is 10.2. The first kappa shape index (κ1) is 11.2. The molecule has 2 aromatic rings. The normalized spacial score (nSPS) is 12.9. The number of furan rings is 1. The van der Waals surface area contributed by atoms with Gasteiger partial charge in [0, 0.05) is 0 Å². The minimum atomic E-state index is -0.194. The lowest BCUT2D eigenvalue weighted by molar-refractivity contribution is 0.353. The molecule has 0 amide bonds. The van der Waals surface area contributed by atoms with Gasteiger partial charge in [-0.15, -0.1) is 0 Å². The maximum Gasteiger partial charge on any atom is 0.243 e. The van der Waals surface area contributed by atoms with E-state index in [0.29, 0.717) is 11.7 Å². The van der Waals surface area contributed by atoms with Gasteiger partial charge >= 0.3 is 0 Å². The van der Waals surface area contributed by atoms with E-state index in [1.165, 1.54) is 0 Å². The monoisotopic (exact) mass is 239 g/mol. The van der Waals surface area contributed by atoms with E-state index in [2.05, 4.69) is 10.1 Å². The Bertz CT molecular complexity index is 427. The van der Waals surface area contributed by atoms with Crippen LogP contribution in [-0.4, -0.2) is 22.1 Å². The molecule has 2 rings (SSSR count). The zero-order chi connectivity index (χ0) is 11.4. The molecule has 1 atom stereocenters. The van der Waals surface area contributed by atoms with Crippen LogP contribution < -0.4 is 5.73 Å². The van der Waals surface area contributed by atoms with Crippen molar-refractivity contribution in [1.29, 1.82) is 0 Å². The topological polar surface area (TPSA) is 78.1 Å². The first-order valence-corrected chi connectivity index (χ1v) is 6.31. The Morgan fingerprint density at radius 3 is 3.12 bits per heavy atom. The van der Waals surface area contributed by atoms with Crippen LogP contribution in [0, 0.1) is 0 Å². The number of nitrogens with two attached hydrogens (primary N) is 1. The van der Waals surface area contributed by atoms with Crippen LogP contribution >= 0.6 is 11.8 Å². The minimum Gasteiger partial charge on any atom is -0.472 e. The molecule has 2 heterocycles. The molecule has 6 heteroatoms. The van der Waals surface area contributed by atoms with Gasteiger partial charge in [-0.25, -0.2) is 0 Å². The van der Waals surface area contributed by atoms with Crippen molar-refractivity contribution in [2.45, 2.75) is 12.5 Å². The Kier molecular flexibility index (Phi) is 3.63. The maximum absolute atomic E-state index is 5.91. The zero-order valence-electron chi connectivity index (χ0n) is 8.92. The molecule has 86 valence electrons. The van der Waals surface area contributed by atoms with Crippen molar-refractivity contribution in [3.63, 3.8) is 0 Å². The standard InChI is InChI=1S/C10H13N3O2S/c1-16-5-3-8(11)10-12-9(13-15-10)7-2-4-14-6-7/h2,4,6,8H,3,5,11H2,1H3/t8-/m0/s1. The van der Waals surface area contributed by atoms with Crippen LogP contribution in [-0.2, 0) is 0 Å². The Hall–Kier alpha value is -1.27. The summed E-state index contributed by atoms with van der Waals surface area (Å²) in [5, 5.41) is 3.85. The number of aromatic nitrogens is 2. The number of hydrogen-bond donors (Lipinski definition) is 1. The summed E-state index contributed by atoms with van der Waals surface area (Å²) in [6.07, 6.45) is 6.01. The van der Waals surface area contributed by atoms with E-state index in [1.54, 1.807) is 30.4 Å². The fourth-order valence-corrected chi connectivity index (χ4v) is 1.75. The highest BCUT2D eigenvalue weighted by atomic mass is 32.2. The molecule has 0 saturated heterocycles. The fraction of sp³-hybridized carbons (Fsp3) is 0.400. The van der Waals surface area contributed by atoms with Gasteiger partial charge in [0.15, 0.2) is 0 Å². The molecule has 0 aliphatic heterocycles. The van der Waals surface area contributed by atoms with E-state index >= 15 is 0 Å². The van der Waals surface area contributed by atoms with E-state index in [0.717, 1.165) is 17.7 Å². The summed E-state index contributed by atoms with van der Waals surface area (Å²) in [6.45, 7) is 0. The van der Waals surface area contributed by atoms with Crippen molar-refractivity contribution in [2.75, 3.05) is 12.0 Å². The van der Waals surface area contributed by atoms with Gasteiger partial charge in [-0.05, 0) is 24.5 Å². The third kappa shape index (κ3) is 2.45. The Morgan fingerprint density at radius 1 is 1.56 bits per heavy atom. The second-order valence-electron chi connectivity index (χ2n) is 3.36. The maximum atomic E-state index is 5.91. The molecule has 0 aliphatic rings. The van der Waals surface area contributed by atoms with Gasteiger partial charge in [-0.2, -0.15) is 16.7 Å². The molecule has 0 unspecified atom stereocenters. The van der Waals surface area contributed by atoms with Crippen LogP contribution in [0.1, 0.15) is 18.4 Å². The lowest BCUT2D eigenvalue weighted by Gasteiger charge is -2.03. The van der Waals surface area contributed by atoms with Crippen LogP contribution in [0.25, 0.3) is 11.4 Å². The van der Waals surface area contributed by atoms with Gasteiger partial charge < -0.3 is 14.7 Å². The molecule has 0 spiro atoms. The quantitative estimate of drug-likeness (QED) is 0.860. The van der Waals surface area contributed by atoms with Crippen LogP contribution in [0.15, 0.2) is 27.5 Å². The number of nitrogens with zero attached hydrogens (tertiary/aromatic N) is 2. The summed E-state index contributed by atoms with van der Waals surface area (Å²) < 4.78 is 10.1. The molecule has 0 saturated carbocycles. The highest BCUT2D eigenvalue weighted by molar-refractivity contribution is 7.98. The van der Waals surface area contributed by atoms with Crippen molar-refractivity contribution in [2.24, 2.45) is 5.73 Å². The third-order valence-electron chi connectivity index (χ3n) is 2.17. The molecule has 0 bridgehead atoms. The second kappa shape index (κ2) is 5.18. The highest BCUT2D eigenvalue weighted by Gasteiger charge is 2.15. The number of hydrogen-bond acceptors (Lipinski definition) is 6.